The Bertz CT molecular complexity index is 46.0. The first kappa shape index (κ1) is 6.92. The molecule has 0 aliphatic heterocycles. The first-order valence-corrected chi connectivity index (χ1v) is 2.48. The van der Waals surface area contributed by atoms with Crippen LogP contribution < -0.4 is 5.48 Å². The standard InChI is InChI=1S/C5H12NO/c1-4-5(2,3)6-7/h7H,4H2,1-3H3. The third-order valence-electron chi connectivity index (χ3n) is 1.14. The second-order valence-electron chi connectivity index (χ2n) is 2.27. The summed E-state index contributed by atoms with van der Waals surface area (Å²) < 4.78 is 0. The molecule has 0 fully saturated rings. The van der Waals surface area contributed by atoms with E-state index in [2.05, 4.69) is 5.48 Å². The highest BCUT2D eigenvalue weighted by Gasteiger charge is 2.13. The van der Waals surface area contributed by atoms with Gasteiger partial charge in [0.2, 0.25) is 0 Å². The summed E-state index contributed by atoms with van der Waals surface area (Å²) in [6, 6.07) is 0. The summed E-state index contributed by atoms with van der Waals surface area (Å²) in [7, 11) is 0. The second kappa shape index (κ2) is 2.28. The van der Waals surface area contributed by atoms with Gasteiger partial charge in [0.15, 0.2) is 0 Å². The fraction of sp³-hybridized carbons (Fsp3) is 1.00. The molecule has 2 nitrogen and oxygen atoms in total. The van der Waals surface area contributed by atoms with Gasteiger partial charge >= 0.3 is 0 Å². The van der Waals surface area contributed by atoms with Crippen molar-refractivity contribution in [2.45, 2.75) is 32.7 Å². The summed E-state index contributed by atoms with van der Waals surface area (Å²) >= 11 is 0. The maximum Gasteiger partial charge on any atom is 0.0586 e. The minimum atomic E-state index is -0.236. The lowest BCUT2D eigenvalue weighted by Gasteiger charge is -2.15. The van der Waals surface area contributed by atoms with Crippen LogP contribution in [-0.4, -0.2) is 10.7 Å². The summed E-state index contributed by atoms with van der Waals surface area (Å²) in [4.78, 5) is 0. The Hall–Kier alpha value is -0.0800. The molecule has 7 heavy (non-hydrogen) atoms. The number of hydrogen-bond donors (Lipinski definition) is 1. The first-order chi connectivity index (χ1) is 3.12. The van der Waals surface area contributed by atoms with Gasteiger partial charge in [-0.15, -0.1) is 0 Å². The van der Waals surface area contributed by atoms with Crippen LogP contribution >= 0.6 is 0 Å². The van der Waals surface area contributed by atoms with E-state index in [1.54, 1.807) is 0 Å². The molecule has 0 spiro atoms. The van der Waals surface area contributed by atoms with Crippen molar-refractivity contribution in [1.82, 2.24) is 5.48 Å². The van der Waals surface area contributed by atoms with Crippen molar-refractivity contribution >= 4 is 0 Å². The van der Waals surface area contributed by atoms with E-state index in [1.807, 2.05) is 20.8 Å². The van der Waals surface area contributed by atoms with Crippen molar-refractivity contribution in [1.29, 1.82) is 0 Å². The van der Waals surface area contributed by atoms with Crippen LogP contribution in [0.2, 0.25) is 0 Å². The molecule has 0 aromatic heterocycles. The van der Waals surface area contributed by atoms with Gasteiger partial charge in [0.05, 0.1) is 5.54 Å². The molecule has 0 saturated heterocycles. The summed E-state index contributed by atoms with van der Waals surface area (Å²) in [6.45, 7) is 5.75. The molecule has 0 amide bonds. The number of hydroxylamine groups is 1. The Morgan fingerprint density at radius 2 is 2.00 bits per heavy atom. The van der Waals surface area contributed by atoms with E-state index in [9.17, 15) is 0 Å². The van der Waals surface area contributed by atoms with Crippen molar-refractivity contribution in [3.05, 3.63) is 0 Å². The van der Waals surface area contributed by atoms with E-state index in [1.165, 1.54) is 0 Å². The Labute approximate surface area is 44.5 Å². The van der Waals surface area contributed by atoms with Crippen LogP contribution in [0.3, 0.4) is 0 Å². The van der Waals surface area contributed by atoms with Gasteiger partial charge in [-0.1, -0.05) is 12.4 Å². The quantitative estimate of drug-likeness (QED) is 0.522. The van der Waals surface area contributed by atoms with Crippen molar-refractivity contribution in [3.63, 3.8) is 0 Å². The minimum absolute atomic E-state index is 0.236. The molecule has 43 valence electrons. The van der Waals surface area contributed by atoms with Gasteiger partial charge in [0, 0.05) is 0 Å². The highest BCUT2D eigenvalue weighted by molar-refractivity contribution is 4.68. The molecular weight excluding hydrogens is 90.1 g/mol. The fourth-order valence-corrected chi connectivity index (χ4v) is 0.0707. The van der Waals surface area contributed by atoms with Crippen molar-refractivity contribution < 1.29 is 5.21 Å². The lowest BCUT2D eigenvalue weighted by Crippen LogP contribution is -2.29. The second-order valence-corrected chi connectivity index (χ2v) is 2.27. The zero-order valence-corrected chi connectivity index (χ0v) is 5.10. The van der Waals surface area contributed by atoms with Crippen molar-refractivity contribution in [2.24, 2.45) is 0 Å². The van der Waals surface area contributed by atoms with Crippen LogP contribution in [0.15, 0.2) is 0 Å². The van der Waals surface area contributed by atoms with Gasteiger partial charge in [-0.05, 0) is 20.3 Å². The average Bonchev–Trinajstić information content (AvgIpc) is 1.68. The van der Waals surface area contributed by atoms with Gasteiger partial charge in [-0.3, -0.25) is 5.21 Å². The lowest BCUT2D eigenvalue weighted by atomic mass is 10.0. The molecule has 0 heterocycles. The SMILES string of the molecule is CCC(C)(C)[N]O. The van der Waals surface area contributed by atoms with Crippen LogP contribution in [0.1, 0.15) is 27.2 Å². The van der Waals surface area contributed by atoms with Crippen LogP contribution in [-0.2, 0) is 0 Å². The van der Waals surface area contributed by atoms with Gasteiger partial charge in [0.1, 0.15) is 0 Å². The summed E-state index contributed by atoms with van der Waals surface area (Å²) in [5, 5.41) is 8.22. The summed E-state index contributed by atoms with van der Waals surface area (Å²) in [5.41, 5.74) is 2.90. The number of hydrogen-bond acceptors (Lipinski definition) is 1. The monoisotopic (exact) mass is 102 g/mol. The molecule has 0 atom stereocenters. The van der Waals surface area contributed by atoms with E-state index >= 15 is 0 Å². The highest BCUT2D eigenvalue weighted by Crippen LogP contribution is 2.05. The van der Waals surface area contributed by atoms with Crippen molar-refractivity contribution in [2.75, 3.05) is 0 Å². The maximum atomic E-state index is 8.22. The van der Waals surface area contributed by atoms with Gasteiger partial charge in [-0.25, -0.2) is 0 Å². The molecule has 0 saturated carbocycles. The predicted molar refractivity (Wildman–Crippen MR) is 28.3 cm³/mol. The molecular formula is C5H12NO. The Morgan fingerprint density at radius 3 is 2.00 bits per heavy atom. The maximum absolute atomic E-state index is 8.22. The highest BCUT2D eigenvalue weighted by atomic mass is 16.5. The Kier molecular flexibility index (Phi) is 2.26. The van der Waals surface area contributed by atoms with E-state index in [0.29, 0.717) is 0 Å². The Balaban J connectivity index is 3.36. The fourth-order valence-electron chi connectivity index (χ4n) is 0.0707. The van der Waals surface area contributed by atoms with Gasteiger partial charge < -0.3 is 0 Å². The molecule has 0 rings (SSSR count). The molecule has 0 aromatic carbocycles. The molecule has 0 aromatic rings. The first-order valence-electron chi connectivity index (χ1n) is 2.48. The smallest absolute Gasteiger partial charge is 0.0586 e. The molecule has 0 bridgehead atoms. The summed E-state index contributed by atoms with van der Waals surface area (Å²) in [5.74, 6) is 0. The average molecular weight is 102 g/mol. The van der Waals surface area contributed by atoms with Crippen LogP contribution in [0.5, 0.6) is 0 Å². The molecule has 1 N–H and O–H groups in total. The third-order valence-corrected chi connectivity index (χ3v) is 1.14. The summed E-state index contributed by atoms with van der Waals surface area (Å²) in [6.07, 6.45) is 0.878. The van der Waals surface area contributed by atoms with Crippen LogP contribution in [0.25, 0.3) is 0 Å². The number of rotatable bonds is 2. The zero-order chi connectivity index (χ0) is 5.91. The molecule has 2 heteroatoms. The Morgan fingerprint density at radius 1 is 1.57 bits per heavy atom. The molecule has 1 radical (unpaired) electrons. The normalized spacial score (nSPS) is 12.0. The van der Waals surface area contributed by atoms with Gasteiger partial charge in [0.25, 0.3) is 0 Å². The van der Waals surface area contributed by atoms with E-state index in [-0.39, 0.29) is 5.54 Å². The topological polar surface area (TPSA) is 34.3 Å². The van der Waals surface area contributed by atoms with Crippen molar-refractivity contribution in [3.8, 4) is 0 Å². The van der Waals surface area contributed by atoms with E-state index in [0.717, 1.165) is 6.42 Å². The largest absolute Gasteiger partial charge is 0.296 e. The van der Waals surface area contributed by atoms with Gasteiger partial charge in [-0.2, -0.15) is 0 Å². The number of nitrogens with zero attached hydrogens (tertiary/aromatic N) is 1. The third kappa shape index (κ3) is 2.60. The minimum Gasteiger partial charge on any atom is -0.296 e. The predicted octanol–water partition coefficient (Wildman–Crippen LogP) is 1.17. The van der Waals surface area contributed by atoms with E-state index < -0.39 is 0 Å². The molecule has 0 unspecified atom stereocenters. The molecule has 0 aliphatic rings. The van der Waals surface area contributed by atoms with E-state index in [4.69, 9.17) is 5.21 Å². The molecule has 0 aliphatic carbocycles. The lowest BCUT2D eigenvalue weighted by molar-refractivity contribution is 0.0688. The van der Waals surface area contributed by atoms with Crippen LogP contribution in [0.4, 0.5) is 0 Å². The zero-order valence-electron chi connectivity index (χ0n) is 5.10. The van der Waals surface area contributed by atoms with Crippen LogP contribution in [0, 0.1) is 0 Å².